The van der Waals surface area contributed by atoms with Crippen molar-refractivity contribution in [2.75, 3.05) is 6.61 Å². The van der Waals surface area contributed by atoms with Crippen molar-refractivity contribution in [2.24, 2.45) is 4.99 Å². The van der Waals surface area contributed by atoms with Gasteiger partial charge in [-0.15, -0.1) is 0 Å². The van der Waals surface area contributed by atoms with E-state index in [1.165, 1.54) is 0 Å². The van der Waals surface area contributed by atoms with Crippen LogP contribution in [0.2, 0.25) is 10.0 Å². The van der Waals surface area contributed by atoms with E-state index in [9.17, 15) is 4.79 Å². The fraction of sp³-hybridized carbons (Fsp3) is 0.130. The lowest BCUT2D eigenvalue weighted by atomic mass is 10.1. The summed E-state index contributed by atoms with van der Waals surface area (Å²) in [4.78, 5) is 16.5. The number of carbonyl (C=O) groups is 1. The van der Waals surface area contributed by atoms with Crippen molar-refractivity contribution >= 4 is 41.0 Å². The highest BCUT2D eigenvalue weighted by atomic mass is 35.5. The molecule has 0 aliphatic rings. The van der Waals surface area contributed by atoms with E-state index in [0.29, 0.717) is 21.5 Å². The van der Waals surface area contributed by atoms with E-state index in [1.807, 2.05) is 49.4 Å². The number of hydrogen-bond donors (Lipinski definition) is 1. The summed E-state index contributed by atoms with van der Waals surface area (Å²) >= 11 is 11.9. The van der Waals surface area contributed by atoms with Crippen molar-refractivity contribution in [2.45, 2.75) is 13.0 Å². The molecule has 0 aliphatic heterocycles. The highest BCUT2D eigenvalue weighted by Gasteiger charge is 2.09. The summed E-state index contributed by atoms with van der Waals surface area (Å²) in [7, 11) is 0. The van der Waals surface area contributed by atoms with Crippen molar-refractivity contribution in [1.82, 2.24) is 5.32 Å². The molecular weight excluding hydrogens is 407 g/mol. The average Bonchev–Trinajstić information content (AvgIpc) is 2.74. The first-order valence-electron chi connectivity index (χ1n) is 9.07. The molecule has 0 saturated carbocycles. The third kappa shape index (κ3) is 6.34. The van der Waals surface area contributed by atoms with Crippen molar-refractivity contribution in [3.8, 4) is 5.75 Å². The summed E-state index contributed by atoms with van der Waals surface area (Å²) in [5, 5.41) is 3.88. The molecule has 0 aromatic heterocycles. The summed E-state index contributed by atoms with van der Waals surface area (Å²) in [6.07, 6.45) is 1.72. The molecule has 3 aromatic rings. The molecule has 0 unspecified atom stereocenters. The van der Waals surface area contributed by atoms with Crippen molar-refractivity contribution in [3.05, 3.63) is 94.0 Å². The maximum Gasteiger partial charge on any atom is 0.258 e. The topological polar surface area (TPSA) is 50.7 Å². The van der Waals surface area contributed by atoms with Crippen molar-refractivity contribution in [3.63, 3.8) is 0 Å². The lowest BCUT2D eigenvalue weighted by molar-refractivity contribution is -0.123. The molecule has 3 aromatic carbocycles. The molecule has 0 radical (unpaired) electrons. The third-order valence-corrected chi connectivity index (χ3v) is 4.93. The predicted octanol–water partition coefficient (Wildman–Crippen LogP) is 6.00. The van der Waals surface area contributed by atoms with Gasteiger partial charge in [-0.3, -0.25) is 9.79 Å². The van der Waals surface area contributed by atoms with Gasteiger partial charge in [-0.05, 0) is 60.5 Å². The summed E-state index contributed by atoms with van der Waals surface area (Å²) in [6.45, 7) is 1.89. The van der Waals surface area contributed by atoms with Crippen molar-refractivity contribution < 1.29 is 9.53 Å². The molecule has 0 saturated heterocycles. The van der Waals surface area contributed by atoms with Crippen LogP contribution in [0.15, 0.2) is 77.8 Å². The first-order chi connectivity index (χ1) is 14.0. The number of carbonyl (C=O) groups excluding carboxylic acids is 1. The minimum absolute atomic E-state index is 0.0477. The number of benzene rings is 3. The Morgan fingerprint density at radius 1 is 1.03 bits per heavy atom. The van der Waals surface area contributed by atoms with E-state index in [4.69, 9.17) is 27.9 Å². The molecule has 148 valence electrons. The monoisotopic (exact) mass is 426 g/mol. The fourth-order valence-corrected chi connectivity index (χ4v) is 2.91. The average molecular weight is 427 g/mol. The second kappa shape index (κ2) is 10.1. The van der Waals surface area contributed by atoms with Crippen LogP contribution in [-0.2, 0) is 4.79 Å². The second-order valence-corrected chi connectivity index (χ2v) is 7.23. The number of aliphatic imine (C=N–C) groups is 1. The van der Waals surface area contributed by atoms with E-state index >= 15 is 0 Å². The highest BCUT2D eigenvalue weighted by molar-refractivity contribution is 6.42. The van der Waals surface area contributed by atoms with Gasteiger partial charge < -0.3 is 10.1 Å². The van der Waals surface area contributed by atoms with Crippen molar-refractivity contribution in [1.29, 1.82) is 0 Å². The first kappa shape index (κ1) is 20.9. The van der Waals surface area contributed by atoms with Gasteiger partial charge in [0.2, 0.25) is 0 Å². The number of rotatable bonds is 7. The SMILES string of the molecule is C[C@H](NC(=O)COc1ccc(C=Nc2ccc(Cl)c(Cl)c2)cc1)c1ccccc1. The highest BCUT2D eigenvalue weighted by Crippen LogP contribution is 2.26. The van der Waals surface area contributed by atoms with Crippen LogP contribution in [0.5, 0.6) is 5.75 Å². The smallest absolute Gasteiger partial charge is 0.258 e. The number of ether oxygens (including phenoxy) is 1. The van der Waals surface area contributed by atoms with Gasteiger partial charge in [-0.1, -0.05) is 53.5 Å². The molecule has 0 bridgehead atoms. The van der Waals surface area contributed by atoms with Gasteiger partial charge in [0, 0.05) is 6.21 Å². The van der Waals surface area contributed by atoms with Crippen LogP contribution >= 0.6 is 23.2 Å². The number of nitrogens with one attached hydrogen (secondary N) is 1. The Morgan fingerprint density at radius 3 is 2.45 bits per heavy atom. The quantitative estimate of drug-likeness (QED) is 0.470. The number of hydrogen-bond acceptors (Lipinski definition) is 3. The lowest BCUT2D eigenvalue weighted by Crippen LogP contribution is -2.31. The molecule has 4 nitrogen and oxygen atoms in total. The summed E-state index contributed by atoms with van der Waals surface area (Å²) in [6, 6.07) is 22.2. The van der Waals surface area contributed by atoms with E-state index in [2.05, 4.69) is 10.3 Å². The molecule has 0 aliphatic carbocycles. The molecule has 3 rings (SSSR count). The van der Waals surface area contributed by atoms with Gasteiger partial charge in [-0.25, -0.2) is 0 Å². The summed E-state index contributed by atoms with van der Waals surface area (Å²) in [5.74, 6) is 0.436. The maximum atomic E-state index is 12.1. The fourth-order valence-electron chi connectivity index (χ4n) is 2.62. The van der Waals surface area contributed by atoms with Crippen LogP contribution in [0.4, 0.5) is 5.69 Å². The zero-order chi connectivity index (χ0) is 20.6. The predicted molar refractivity (Wildman–Crippen MR) is 119 cm³/mol. The standard InChI is InChI=1S/C23H20Cl2N2O2/c1-16(18-5-3-2-4-6-18)27-23(28)15-29-20-10-7-17(8-11-20)14-26-19-9-12-21(24)22(25)13-19/h2-14,16H,15H2,1H3,(H,27,28)/t16-/m0/s1. The second-order valence-electron chi connectivity index (χ2n) is 6.41. The molecule has 6 heteroatoms. The normalized spacial score (nSPS) is 12.0. The summed E-state index contributed by atoms with van der Waals surface area (Å²) in [5.41, 5.74) is 2.65. The van der Waals surface area contributed by atoms with Gasteiger partial charge >= 0.3 is 0 Å². The lowest BCUT2D eigenvalue weighted by Gasteiger charge is -2.14. The number of amides is 1. The molecule has 1 N–H and O–H groups in total. The Morgan fingerprint density at radius 2 is 1.76 bits per heavy atom. The minimum atomic E-state index is -0.174. The van der Waals surface area contributed by atoms with E-state index < -0.39 is 0 Å². The van der Waals surface area contributed by atoms with Crippen LogP contribution in [0.3, 0.4) is 0 Å². The molecule has 1 amide bonds. The van der Waals surface area contributed by atoms with Gasteiger partial charge in [-0.2, -0.15) is 0 Å². The van der Waals surface area contributed by atoms with Gasteiger partial charge in [0.25, 0.3) is 5.91 Å². The zero-order valence-corrected chi connectivity index (χ0v) is 17.3. The Bertz CT molecular complexity index is 990. The Kier molecular flexibility index (Phi) is 7.28. The van der Waals surface area contributed by atoms with E-state index in [1.54, 1.807) is 36.5 Å². The van der Waals surface area contributed by atoms with Gasteiger partial charge in [0.05, 0.1) is 21.8 Å². The van der Waals surface area contributed by atoms with E-state index in [0.717, 1.165) is 11.1 Å². The van der Waals surface area contributed by atoms with Crippen LogP contribution in [-0.4, -0.2) is 18.7 Å². The summed E-state index contributed by atoms with van der Waals surface area (Å²) < 4.78 is 5.56. The first-order valence-corrected chi connectivity index (χ1v) is 9.83. The van der Waals surface area contributed by atoms with E-state index in [-0.39, 0.29) is 18.6 Å². The zero-order valence-electron chi connectivity index (χ0n) is 15.8. The van der Waals surface area contributed by atoms with Crippen LogP contribution in [0.25, 0.3) is 0 Å². The van der Waals surface area contributed by atoms with Gasteiger partial charge in [0.15, 0.2) is 6.61 Å². The largest absolute Gasteiger partial charge is 0.484 e. The molecule has 0 spiro atoms. The van der Waals surface area contributed by atoms with Crippen LogP contribution < -0.4 is 10.1 Å². The number of nitrogens with zero attached hydrogens (tertiary/aromatic N) is 1. The third-order valence-electron chi connectivity index (χ3n) is 4.19. The molecular formula is C23H20Cl2N2O2. The Balaban J connectivity index is 1.50. The molecule has 29 heavy (non-hydrogen) atoms. The molecule has 0 heterocycles. The van der Waals surface area contributed by atoms with Crippen LogP contribution in [0.1, 0.15) is 24.1 Å². The Labute approximate surface area is 180 Å². The minimum Gasteiger partial charge on any atom is -0.484 e. The van der Waals surface area contributed by atoms with Gasteiger partial charge in [0.1, 0.15) is 5.75 Å². The number of halogens is 2. The van der Waals surface area contributed by atoms with Crippen LogP contribution in [0, 0.1) is 0 Å². The maximum absolute atomic E-state index is 12.1. The Hall–Kier alpha value is -2.82. The molecule has 1 atom stereocenters. The molecule has 0 fully saturated rings.